The Morgan fingerprint density at radius 3 is 3.08 bits per heavy atom. The van der Waals surface area contributed by atoms with Crippen LogP contribution in [0, 0.1) is 5.82 Å². The zero-order valence-electron chi connectivity index (χ0n) is 5.96. The predicted molar refractivity (Wildman–Crippen MR) is 57.4 cm³/mol. The van der Waals surface area contributed by atoms with Crippen LogP contribution in [0.3, 0.4) is 0 Å². The summed E-state index contributed by atoms with van der Waals surface area (Å²) in [6, 6.07) is 4.70. The zero-order valence-corrected chi connectivity index (χ0v) is 9.12. The maximum atomic E-state index is 12.8. The third-order valence-electron chi connectivity index (χ3n) is 1.61. The van der Waals surface area contributed by atoms with Gasteiger partial charge in [0.25, 0.3) is 0 Å². The van der Waals surface area contributed by atoms with Gasteiger partial charge in [-0.05, 0) is 34.2 Å². The molecule has 62 valence electrons. The van der Waals surface area contributed by atoms with E-state index in [1.807, 2.05) is 0 Å². The van der Waals surface area contributed by atoms with Crippen LogP contribution in [0.15, 0.2) is 24.4 Å². The molecule has 0 saturated heterocycles. The highest BCUT2D eigenvalue weighted by Gasteiger charge is 2.01. The lowest BCUT2D eigenvalue weighted by molar-refractivity contribution is 0.629. The summed E-state index contributed by atoms with van der Waals surface area (Å²) in [5.74, 6) is -0.209. The van der Waals surface area contributed by atoms with Gasteiger partial charge in [0.15, 0.2) is 0 Å². The summed E-state index contributed by atoms with van der Waals surface area (Å²) in [4.78, 5) is 0. The van der Waals surface area contributed by atoms with Gasteiger partial charge < -0.3 is 0 Å². The number of nitrogens with zero attached hydrogens (tertiary/aromatic N) is 2. The minimum Gasteiger partial charge on any atom is -0.237 e. The van der Waals surface area contributed by atoms with Gasteiger partial charge in [0.1, 0.15) is 5.82 Å². The van der Waals surface area contributed by atoms with Crippen LogP contribution in [-0.2, 0) is 0 Å². The van der Waals surface area contributed by atoms with Crippen LogP contribution < -0.4 is 0 Å². The molecule has 0 saturated carbocycles. The molecule has 1 unspecified atom stereocenters. The van der Waals surface area contributed by atoms with Crippen LogP contribution in [0.1, 0.15) is 0 Å². The molecule has 0 aliphatic carbocycles. The summed E-state index contributed by atoms with van der Waals surface area (Å²) in [6.07, 6.45) is 2.26. The second-order valence-electron chi connectivity index (χ2n) is 2.34. The molecular formula is C7H5FIN2P. The Morgan fingerprint density at radius 2 is 2.33 bits per heavy atom. The van der Waals surface area contributed by atoms with Crippen molar-refractivity contribution in [2.45, 2.75) is 0 Å². The van der Waals surface area contributed by atoms with E-state index in [1.165, 1.54) is 12.1 Å². The number of fused-ring (bicyclic) bond motifs is 1. The number of hydrogen-bond donors (Lipinski definition) is 0. The number of halogens is 2. The third-order valence-corrected chi connectivity index (χ3v) is 3.50. The van der Waals surface area contributed by atoms with Gasteiger partial charge in [-0.1, -0.05) is 0 Å². The average Bonchev–Trinajstić information content (AvgIpc) is 2.46. The van der Waals surface area contributed by atoms with Crippen LogP contribution in [-0.4, -0.2) is 9.55 Å². The van der Waals surface area contributed by atoms with Crippen molar-refractivity contribution < 1.29 is 4.39 Å². The van der Waals surface area contributed by atoms with E-state index >= 15 is 0 Å². The Morgan fingerprint density at radius 1 is 1.50 bits per heavy atom. The van der Waals surface area contributed by atoms with Gasteiger partial charge in [0.2, 0.25) is 0 Å². The predicted octanol–water partition coefficient (Wildman–Crippen LogP) is 2.97. The number of aromatic nitrogens is 2. The first kappa shape index (κ1) is 8.38. The lowest BCUT2D eigenvalue weighted by atomic mass is 10.2. The van der Waals surface area contributed by atoms with Crippen LogP contribution in [0.25, 0.3) is 10.9 Å². The Labute approximate surface area is 83.5 Å². The maximum absolute atomic E-state index is 12.8. The Kier molecular flexibility index (Phi) is 2.28. The van der Waals surface area contributed by atoms with Gasteiger partial charge in [-0.2, -0.15) is 5.10 Å². The highest BCUT2D eigenvalue weighted by atomic mass is 127. The van der Waals surface area contributed by atoms with Crippen molar-refractivity contribution >= 4 is 39.3 Å². The highest BCUT2D eigenvalue weighted by Crippen LogP contribution is 2.28. The molecule has 12 heavy (non-hydrogen) atoms. The standard InChI is InChI=1S/C7H5FIN2P/c8-6-2-1-5-4-10-11(12-9)7(5)3-6/h1-4,12H. The van der Waals surface area contributed by atoms with Gasteiger partial charge in [-0.15, -0.1) is 0 Å². The van der Waals surface area contributed by atoms with Crippen molar-refractivity contribution in [2.75, 3.05) is 0 Å². The van der Waals surface area contributed by atoms with Crippen LogP contribution in [0.2, 0.25) is 0 Å². The maximum Gasteiger partial charge on any atom is 0.125 e. The molecule has 1 aromatic carbocycles. The molecule has 0 bridgehead atoms. The van der Waals surface area contributed by atoms with E-state index in [0.29, 0.717) is 6.37 Å². The minimum atomic E-state index is -0.209. The van der Waals surface area contributed by atoms with Gasteiger partial charge in [-0.3, -0.25) is 0 Å². The monoisotopic (exact) mass is 294 g/mol. The first-order valence-corrected chi connectivity index (χ1v) is 7.37. The fourth-order valence-corrected chi connectivity index (χ4v) is 2.60. The number of benzene rings is 1. The molecule has 0 aliphatic rings. The average molecular weight is 294 g/mol. The SMILES string of the molecule is Fc1ccc2cnn(PI)c2c1. The number of hydrogen-bond acceptors (Lipinski definition) is 1. The van der Waals surface area contributed by atoms with Crippen molar-refractivity contribution in [3.63, 3.8) is 0 Å². The normalized spacial score (nSPS) is 11.8. The van der Waals surface area contributed by atoms with Crippen molar-refractivity contribution in [2.24, 2.45) is 0 Å². The lowest BCUT2D eigenvalue weighted by Crippen LogP contribution is -1.82. The van der Waals surface area contributed by atoms with Crippen molar-refractivity contribution in [3.8, 4) is 0 Å². The summed E-state index contributed by atoms with van der Waals surface area (Å²) in [6.45, 7) is 0. The molecule has 0 amide bonds. The Balaban J connectivity index is 2.75. The van der Waals surface area contributed by atoms with Crippen molar-refractivity contribution in [1.29, 1.82) is 0 Å². The molecule has 0 spiro atoms. The van der Waals surface area contributed by atoms with E-state index in [0.717, 1.165) is 10.9 Å². The minimum absolute atomic E-state index is 0.209. The van der Waals surface area contributed by atoms with E-state index in [4.69, 9.17) is 0 Å². The molecule has 1 atom stereocenters. The fourth-order valence-electron chi connectivity index (χ4n) is 1.06. The molecule has 2 rings (SSSR count). The molecule has 2 aromatic rings. The van der Waals surface area contributed by atoms with E-state index in [2.05, 4.69) is 27.1 Å². The Bertz CT molecular complexity index is 415. The van der Waals surface area contributed by atoms with Crippen molar-refractivity contribution in [3.05, 3.63) is 30.2 Å². The van der Waals surface area contributed by atoms with E-state index in [9.17, 15) is 4.39 Å². The van der Waals surface area contributed by atoms with Gasteiger partial charge in [-0.25, -0.2) is 8.84 Å². The molecule has 1 heterocycles. The molecule has 5 heteroatoms. The zero-order chi connectivity index (χ0) is 8.55. The van der Waals surface area contributed by atoms with Gasteiger partial charge in [0, 0.05) is 11.5 Å². The summed E-state index contributed by atoms with van der Waals surface area (Å²) in [7, 11) is 0. The Hall–Kier alpha value is -0.220. The van der Waals surface area contributed by atoms with Crippen molar-refractivity contribution in [1.82, 2.24) is 9.55 Å². The summed E-state index contributed by atoms with van der Waals surface area (Å²) < 4.78 is 14.6. The third kappa shape index (κ3) is 1.33. The second kappa shape index (κ2) is 3.26. The summed E-state index contributed by atoms with van der Waals surface area (Å²) >= 11 is 2.22. The van der Waals surface area contributed by atoms with Crippen LogP contribution >= 0.6 is 28.4 Å². The van der Waals surface area contributed by atoms with E-state index in [1.54, 1.807) is 16.7 Å². The molecule has 2 nitrogen and oxygen atoms in total. The van der Waals surface area contributed by atoms with Gasteiger partial charge >= 0.3 is 0 Å². The van der Waals surface area contributed by atoms with Crippen LogP contribution in [0.5, 0.6) is 0 Å². The highest BCUT2D eigenvalue weighted by molar-refractivity contribution is 14.2. The molecule has 0 N–H and O–H groups in total. The van der Waals surface area contributed by atoms with E-state index < -0.39 is 0 Å². The summed E-state index contributed by atoms with van der Waals surface area (Å²) in [5.41, 5.74) is 0.864. The molecule has 0 fully saturated rings. The number of rotatable bonds is 1. The molecular weight excluding hydrogens is 289 g/mol. The molecule has 0 aliphatic heterocycles. The quantitative estimate of drug-likeness (QED) is 0.584. The molecule has 0 radical (unpaired) electrons. The molecule has 1 aromatic heterocycles. The topological polar surface area (TPSA) is 17.8 Å². The summed E-state index contributed by atoms with van der Waals surface area (Å²) in [5, 5.41) is 5.10. The second-order valence-corrected chi connectivity index (χ2v) is 4.38. The smallest absolute Gasteiger partial charge is 0.125 e. The lowest BCUT2D eigenvalue weighted by Gasteiger charge is -1.95. The fraction of sp³-hybridized carbons (Fsp3) is 0. The first-order chi connectivity index (χ1) is 5.81. The largest absolute Gasteiger partial charge is 0.237 e. The van der Waals surface area contributed by atoms with Crippen LogP contribution in [0.4, 0.5) is 4.39 Å². The first-order valence-electron chi connectivity index (χ1n) is 3.31. The van der Waals surface area contributed by atoms with Gasteiger partial charge in [0.05, 0.1) is 18.1 Å². The van der Waals surface area contributed by atoms with E-state index in [-0.39, 0.29) is 5.82 Å².